The van der Waals surface area contributed by atoms with Crippen molar-refractivity contribution in [2.45, 2.75) is 38.8 Å². The molecule has 1 aromatic heterocycles. The Labute approximate surface area is 182 Å². The van der Waals surface area contributed by atoms with Crippen molar-refractivity contribution >= 4 is 16.8 Å². The number of hydrogen-bond donors (Lipinski definition) is 1. The van der Waals surface area contributed by atoms with E-state index in [1.54, 1.807) is 12.1 Å². The number of rotatable bonds is 7. The molecule has 1 atom stereocenters. The monoisotopic (exact) mass is 414 g/mol. The molecule has 0 radical (unpaired) electrons. The SMILES string of the molecule is CC(C)NC(=O)CC(c1ccc(F)cc1)c1cn(Cc2ccccc2)c2ccccc12. The Balaban J connectivity index is 1.79. The predicted molar refractivity (Wildman–Crippen MR) is 124 cm³/mol. The zero-order chi connectivity index (χ0) is 21.8. The lowest BCUT2D eigenvalue weighted by Crippen LogP contribution is -2.31. The summed E-state index contributed by atoms with van der Waals surface area (Å²) in [6, 6.07) is 25.2. The van der Waals surface area contributed by atoms with Crippen LogP contribution in [-0.2, 0) is 11.3 Å². The summed E-state index contributed by atoms with van der Waals surface area (Å²) in [5, 5.41) is 4.11. The summed E-state index contributed by atoms with van der Waals surface area (Å²) >= 11 is 0. The van der Waals surface area contributed by atoms with Crippen LogP contribution in [0.2, 0.25) is 0 Å². The van der Waals surface area contributed by atoms with Gasteiger partial charge in [-0.15, -0.1) is 0 Å². The summed E-state index contributed by atoms with van der Waals surface area (Å²) in [4.78, 5) is 12.7. The lowest BCUT2D eigenvalue weighted by atomic mass is 9.88. The van der Waals surface area contributed by atoms with Crippen LogP contribution in [0.4, 0.5) is 4.39 Å². The summed E-state index contributed by atoms with van der Waals surface area (Å²) in [5.74, 6) is -0.453. The highest BCUT2D eigenvalue weighted by molar-refractivity contribution is 5.86. The molecule has 3 nitrogen and oxygen atoms in total. The molecular weight excluding hydrogens is 387 g/mol. The molecule has 3 aromatic carbocycles. The highest BCUT2D eigenvalue weighted by Gasteiger charge is 2.23. The molecule has 0 saturated carbocycles. The van der Waals surface area contributed by atoms with E-state index < -0.39 is 0 Å². The first kappa shape index (κ1) is 20.9. The van der Waals surface area contributed by atoms with E-state index in [-0.39, 0.29) is 23.7 Å². The molecule has 0 spiro atoms. The molecule has 1 unspecified atom stereocenters. The van der Waals surface area contributed by atoms with Crippen LogP contribution >= 0.6 is 0 Å². The van der Waals surface area contributed by atoms with E-state index >= 15 is 0 Å². The summed E-state index contributed by atoms with van der Waals surface area (Å²) in [6.07, 6.45) is 2.46. The van der Waals surface area contributed by atoms with Gasteiger partial charge in [-0.25, -0.2) is 4.39 Å². The molecule has 0 bridgehead atoms. The van der Waals surface area contributed by atoms with Crippen molar-refractivity contribution in [1.29, 1.82) is 0 Å². The van der Waals surface area contributed by atoms with Gasteiger partial charge in [0.15, 0.2) is 0 Å². The first-order valence-electron chi connectivity index (χ1n) is 10.7. The van der Waals surface area contributed by atoms with Crippen LogP contribution in [-0.4, -0.2) is 16.5 Å². The van der Waals surface area contributed by atoms with E-state index in [0.29, 0.717) is 6.42 Å². The fourth-order valence-corrected chi connectivity index (χ4v) is 4.13. The molecule has 4 rings (SSSR count). The number of carbonyl (C=O) groups excluding carboxylic acids is 1. The van der Waals surface area contributed by atoms with Crippen molar-refractivity contribution in [3.8, 4) is 0 Å². The number of fused-ring (bicyclic) bond motifs is 1. The number of nitrogens with zero attached hydrogens (tertiary/aromatic N) is 1. The van der Waals surface area contributed by atoms with Crippen molar-refractivity contribution in [3.05, 3.63) is 108 Å². The van der Waals surface area contributed by atoms with Crippen LogP contribution in [0, 0.1) is 5.82 Å². The average molecular weight is 415 g/mol. The van der Waals surface area contributed by atoms with Crippen LogP contribution in [0.15, 0.2) is 85.1 Å². The van der Waals surface area contributed by atoms with Crippen molar-refractivity contribution in [3.63, 3.8) is 0 Å². The standard InChI is InChI=1S/C27H27FN2O/c1-19(2)29-27(31)16-24(21-12-14-22(28)15-13-21)25-18-30(17-20-8-4-3-5-9-20)26-11-7-6-10-23(25)26/h3-15,18-19,24H,16-17H2,1-2H3,(H,29,31). The number of amides is 1. The van der Waals surface area contributed by atoms with E-state index in [1.807, 2.05) is 44.2 Å². The third-order valence-electron chi connectivity index (χ3n) is 5.50. The minimum absolute atomic E-state index is 0.00999. The van der Waals surface area contributed by atoms with Gasteiger partial charge in [0, 0.05) is 42.0 Å². The van der Waals surface area contributed by atoms with E-state index in [0.717, 1.165) is 28.6 Å². The van der Waals surface area contributed by atoms with E-state index in [2.05, 4.69) is 40.3 Å². The summed E-state index contributed by atoms with van der Waals surface area (Å²) < 4.78 is 15.8. The third-order valence-corrected chi connectivity index (χ3v) is 5.50. The third kappa shape index (κ3) is 4.85. The maximum Gasteiger partial charge on any atom is 0.221 e. The second kappa shape index (κ2) is 9.17. The van der Waals surface area contributed by atoms with E-state index in [9.17, 15) is 9.18 Å². The van der Waals surface area contributed by atoms with Gasteiger partial charge in [-0.3, -0.25) is 4.79 Å². The second-order valence-electron chi connectivity index (χ2n) is 8.25. The number of benzene rings is 3. The van der Waals surface area contributed by atoms with Gasteiger partial charge in [-0.05, 0) is 48.7 Å². The Bertz CT molecular complexity index is 1160. The quantitative estimate of drug-likeness (QED) is 0.403. The van der Waals surface area contributed by atoms with Gasteiger partial charge in [-0.2, -0.15) is 0 Å². The smallest absolute Gasteiger partial charge is 0.221 e. The zero-order valence-corrected chi connectivity index (χ0v) is 17.9. The first-order chi connectivity index (χ1) is 15.0. The lowest BCUT2D eigenvalue weighted by Gasteiger charge is -2.18. The highest BCUT2D eigenvalue weighted by Crippen LogP contribution is 2.35. The number of para-hydroxylation sites is 1. The number of carbonyl (C=O) groups is 1. The first-order valence-corrected chi connectivity index (χ1v) is 10.7. The molecular formula is C27H27FN2O. The molecule has 0 saturated heterocycles. The Morgan fingerprint density at radius 2 is 1.61 bits per heavy atom. The molecule has 0 fully saturated rings. The summed E-state index contributed by atoms with van der Waals surface area (Å²) in [6.45, 7) is 4.66. The number of aromatic nitrogens is 1. The van der Waals surface area contributed by atoms with Crippen LogP contribution in [0.25, 0.3) is 10.9 Å². The van der Waals surface area contributed by atoms with Crippen LogP contribution in [0.5, 0.6) is 0 Å². The molecule has 1 heterocycles. The van der Waals surface area contributed by atoms with Crippen LogP contribution in [0.1, 0.15) is 42.9 Å². The summed E-state index contributed by atoms with van der Waals surface area (Å²) in [7, 11) is 0. The van der Waals surface area contributed by atoms with E-state index in [1.165, 1.54) is 17.7 Å². The maximum atomic E-state index is 13.6. The average Bonchev–Trinajstić information content (AvgIpc) is 3.11. The molecule has 31 heavy (non-hydrogen) atoms. The maximum absolute atomic E-state index is 13.6. The molecule has 0 aliphatic rings. The van der Waals surface area contributed by atoms with Crippen molar-refractivity contribution in [2.24, 2.45) is 0 Å². The van der Waals surface area contributed by atoms with Crippen molar-refractivity contribution in [2.75, 3.05) is 0 Å². The van der Waals surface area contributed by atoms with Crippen molar-refractivity contribution in [1.82, 2.24) is 9.88 Å². The predicted octanol–water partition coefficient (Wildman–Crippen LogP) is 5.88. The summed E-state index contributed by atoms with van der Waals surface area (Å²) in [5.41, 5.74) is 4.35. The minimum atomic E-state index is -0.277. The molecule has 158 valence electrons. The highest BCUT2D eigenvalue weighted by atomic mass is 19.1. The molecule has 0 aliphatic carbocycles. The Hall–Kier alpha value is -3.40. The van der Waals surface area contributed by atoms with Crippen molar-refractivity contribution < 1.29 is 9.18 Å². The number of nitrogens with one attached hydrogen (secondary N) is 1. The fourth-order valence-electron chi connectivity index (χ4n) is 4.13. The topological polar surface area (TPSA) is 34.0 Å². The molecule has 1 N–H and O–H groups in total. The largest absolute Gasteiger partial charge is 0.354 e. The fraction of sp³-hybridized carbons (Fsp3) is 0.222. The van der Waals surface area contributed by atoms with Gasteiger partial charge in [0.25, 0.3) is 0 Å². The minimum Gasteiger partial charge on any atom is -0.354 e. The Kier molecular flexibility index (Phi) is 6.17. The van der Waals surface area contributed by atoms with Gasteiger partial charge < -0.3 is 9.88 Å². The Morgan fingerprint density at radius 3 is 2.32 bits per heavy atom. The van der Waals surface area contributed by atoms with Gasteiger partial charge >= 0.3 is 0 Å². The number of halogens is 1. The molecule has 0 aliphatic heterocycles. The Morgan fingerprint density at radius 1 is 0.935 bits per heavy atom. The van der Waals surface area contributed by atoms with Gasteiger partial charge in [0.1, 0.15) is 5.82 Å². The molecule has 4 aromatic rings. The lowest BCUT2D eigenvalue weighted by molar-refractivity contribution is -0.121. The zero-order valence-electron chi connectivity index (χ0n) is 17.9. The van der Waals surface area contributed by atoms with Gasteiger partial charge in [-0.1, -0.05) is 60.7 Å². The molecule has 1 amide bonds. The van der Waals surface area contributed by atoms with Gasteiger partial charge in [0.2, 0.25) is 5.91 Å². The normalized spacial score (nSPS) is 12.3. The second-order valence-corrected chi connectivity index (χ2v) is 8.25. The van der Waals surface area contributed by atoms with Crippen LogP contribution < -0.4 is 5.32 Å². The molecule has 4 heteroatoms. The van der Waals surface area contributed by atoms with Crippen LogP contribution in [0.3, 0.4) is 0 Å². The van der Waals surface area contributed by atoms with E-state index in [4.69, 9.17) is 0 Å². The number of hydrogen-bond acceptors (Lipinski definition) is 1. The van der Waals surface area contributed by atoms with Gasteiger partial charge in [0.05, 0.1) is 0 Å².